The van der Waals surface area contributed by atoms with Crippen molar-refractivity contribution in [2.45, 2.75) is 23.4 Å². The summed E-state index contributed by atoms with van der Waals surface area (Å²) in [5.41, 5.74) is 6.48. The molecule has 9 heteroatoms. The summed E-state index contributed by atoms with van der Waals surface area (Å²) in [6, 6.07) is 3.50. The van der Waals surface area contributed by atoms with Crippen LogP contribution in [0.15, 0.2) is 23.1 Å². The molecule has 2 atom stereocenters. The summed E-state index contributed by atoms with van der Waals surface area (Å²) < 4.78 is 24.5. The predicted octanol–water partition coefficient (Wildman–Crippen LogP) is 2.13. The highest BCUT2D eigenvalue weighted by Crippen LogP contribution is 2.38. The van der Waals surface area contributed by atoms with Crippen molar-refractivity contribution in [2.24, 2.45) is 5.73 Å². The lowest BCUT2D eigenvalue weighted by Gasteiger charge is -2.27. The highest BCUT2D eigenvalue weighted by molar-refractivity contribution is 7.98. The van der Waals surface area contributed by atoms with Crippen molar-refractivity contribution in [1.29, 1.82) is 0 Å². The van der Waals surface area contributed by atoms with E-state index in [0.29, 0.717) is 17.0 Å². The molecule has 2 N–H and O–H groups in total. The fourth-order valence-corrected chi connectivity index (χ4v) is 5.05. The highest BCUT2D eigenvalue weighted by atomic mass is 35.5. The number of carbonyl (C=O) groups excluding carboxylic acids is 1. The van der Waals surface area contributed by atoms with Crippen LogP contribution in [0.25, 0.3) is 0 Å². The first-order chi connectivity index (χ1) is 10.3. The van der Waals surface area contributed by atoms with Crippen molar-refractivity contribution in [3.05, 3.63) is 28.8 Å². The molecule has 2 rings (SSSR count). The van der Waals surface area contributed by atoms with Crippen LogP contribution in [-0.2, 0) is 14.6 Å². The van der Waals surface area contributed by atoms with Crippen LogP contribution in [0.3, 0.4) is 0 Å². The monoisotopic (exact) mass is 398 g/mol. The van der Waals surface area contributed by atoms with Gasteiger partial charge in [-0.1, -0.05) is 11.6 Å². The number of hydrogen-bond acceptors (Lipinski definition) is 5. The second-order valence-electron chi connectivity index (χ2n) is 5.32. The van der Waals surface area contributed by atoms with Crippen molar-refractivity contribution in [2.75, 3.05) is 24.8 Å². The van der Waals surface area contributed by atoms with E-state index in [9.17, 15) is 13.2 Å². The van der Waals surface area contributed by atoms with Crippen molar-refractivity contribution < 1.29 is 13.2 Å². The topological polar surface area (TPSA) is 80.5 Å². The predicted molar refractivity (Wildman–Crippen MR) is 97.2 cm³/mol. The van der Waals surface area contributed by atoms with E-state index in [1.807, 2.05) is 6.26 Å². The van der Waals surface area contributed by atoms with E-state index in [2.05, 4.69) is 0 Å². The number of amides is 1. The van der Waals surface area contributed by atoms with Gasteiger partial charge in [0.1, 0.15) is 0 Å². The molecular formula is C14H20Cl2N2O3S2. The maximum atomic E-state index is 12.4. The van der Waals surface area contributed by atoms with Crippen molar-refractivity contribution in [3.8, 4) is 0 Å². The van der Waals surface area contributed by atoms with Gasteiger partial charge in [-0.15, -0.1) is 12.4 Å². The SMILES string of the molecule is CSCCC(N)C(=O)N(C)C1CS(=O)(=O)c2ccc(Cl)cc21.Cl. The molecular weight excluding hydrogens is 379 g/mol. The molecule has 1 amide bonds. The van der Waals surface area contributed by atoms with Crippen LogP contribution in [0.2, 0.25) is 5.02 Å². The van der Waals surface area contributed by atoms with Gasteiger partial charge in [-0.25, -0.2) is 8.42 Å². The maximum absolute atomic E-state index is 12.4. The average Bonchev–Trinajstić information content (AvgIpc) is 2.74. The number of sulfone groups is 1. The molecule has 0 aliphatic carbocycles. The Morgan fingerprint density at radius 1 is 1.52 bits per heavy atom. The van der Waals surface area contributed by atoms with Crippen LogP contribution in [0.1, 0.15) is 18.0 Å². The third kappa shape index (κ3) is 4.33. The highest BCUT2D eigenvalue weighted by Gasteiger charge is 2.39. The number of fused-ring (bicyclic) bond motifs is 1. The van der Waals surface area contributed by atoms with Crippen LogP contribution in [-0.4, -0.2) is 50.1 Å². The number of likely N-dealkylation sites (N-methyl/N-ethyl adjacent to an activating group) is 1. The van der Waals surface area contributed by atoms with E-state index < -0.39 is 21.9 Å². The first kappa shape index (κ1) is 20.6. The minimum atomic E-state index is -3.39. The molecule has 0 saturated heterocycles. The number of nitrogens with zero attached hydrogens (tertiary/aromatic N) is 1. The molecule has 1 aliphatic heterocycles. The molecule has 0 aromatic heterocycles. The van der Waals surface area contributed by atoms with E-state index in [1.165, 1.54) is 11.0 Å². The zero-order valence-corrected chi connectivity index (χ0v) is 16.1. The fraction of sp³-hybridized carbons (Fsp3) is 0.500. The molecule has 23 heavy (non-hydrogen) atoms. The molecule has 1 heterocycles. The summed E-state index contributed by atoms with van der Waals surface area (Å²) in [7, 11) is -1.80. The van der Waals surface area contributed by atoms with Crippen molar-refractivity contribution in [3.63, 3.8) is 0 Å². The van der Waals surface area contributed by atoms with Gasteiger partial charge in [0.25, 0.3) is 0 Å². The van der Waals surface area contributed by atoms with Gasteiger partial charge in [0.05, 0.1) is 22.7 Å². The zero-order valence-electron chi connectivity index (χ0n) is 12.9. The van der Waals surface area contributed by atoms with Gasteiger partial charge < -0.3 is 10.6 Å². The normalized spacial score (nSPS) is 19.6. The third-order valence-corrected chi connectivity index (χ3v) is 6.48. The minimum absolute atomic E-state index is 0. The largest absolute Gasteiger partial charge is 0.336 e. The van der Waals surface area contributed by atoms with Gasteiger partial charge in [-0.05, 0) is 42.2 Å². The van der Waals surface area contributed by atoms with Crippen molar-refractivity contribution >= 4 is 51.5 Å². The molecule has 130 valence electrons. The lowest BCUT2D eigenvalue weighted by Crippen LogP contribution is -2.44. The first-order valence-electron chi connectivity index (χ1n) is 6.81. The Morgan fingerprint density at radius 2 is 2.17 bits per heavy atom. The molecule has 1 aliphatic rings. The summed E-state index contributed by atoms with van der Waals surface area (Å²) in [5, 5.41) is 0.452. The zero-order chi connectivity index (χ0) is 16.5. The fourth-order valence-electron chi connectivity index (χ4n) is 2.55. The van der Waals surface area contributed by atoms with Crippen LogP contribution < -0.4 is 5.73 Å². The first-order valence-corrected chi connectivity index (χ1v) is 10.2. The molecule has 0 radical (unpaired) electrons. The Labute approximate surface area is 152 Å². The molecule has 0 saturated carbocycles. The second-order valence-corrected chi connectivity index (χ2v) is 8.74. The maximum Gasteiger partial charge on any atom is 0.239 e. The van der Waals surface area contributed by atoms with Gasteiger partial charge >= 0.3 is 0 Å². The number of benzene rings is 1. The van der Waals surface area contributed by atoms with E-state index in [-0.39, 0.29) is 29.0 Å². The van der Waals surface area contributed by atoms with Crippen LogP contribution in [0.4, 0.5) is 0 Å². The van der Waals surface area contributed by atoms with E-state index in [0.717, 1.165) is 5.75 Å². The molecule has 1 aromatic carbocycles. The molecule has 0 fully saturated rings. The average molecular weight is 399 g/mol. The smallest absolute Gasteiger partial charge is 0.239 e. The Balaban J connectivity index is 0.00000264. The van der Waals surface area contributed by atoms with E-state index in [4.69, 9.17) is 17.3 Å². The van der Waals surface area contributed by atoms with Gasteiger partial charge in [0, 0.05) is 12.1 Å². The lowest BCUT2D eigenvalue weighted by molar-refractivity contribution is -0.133. The second kappa shape index (κ2) is 8.07. The standard InChI is InChI=1S/C14H19ClN2O3S2.ClH/c1-17(14(18)11(16)5-6-21-2)12-8-22(19,20)13-4-3-9(15)7-10(12)13;/h3-4,7,11-12H,5-6,8,16H2,1-2H3;1H. The Kier molecular flexibility index (Phi) is 7.22. The molecule has 0 bridgehead atoms. The van der Waals surface area contributed by atoms with Gasteiger partial charge in [0.2, 0.25) is 5.91 Å². The number of thioether (sulfide) groups is 1. The van der Waals surface area contributed by atoms with E-state index in [1.54, 1.807) is 30.9 Å². The summed E-state index contributed by atoms with van der Waals surface area (Å²) in [6.45, 7) is 0. The molecule has 0 spiro atoms. The Hall–Kier alpha value is -0.470. The molecule has 2 unspecified atom stereocenters. The van der Waals surface area contributed by atoms with Gasteiger partial charge in [-0.3, -0.25) is 4.79 Å². The number of halogens is 2. The van der Waals surface area contributed by atoms with Crippen LogP contribution in [0.5, 0.6) is 0 Å². The number of carbonyl (C=O) groups is 1. The summed E-state index contributed by atoms with van der Waals surface area (Å²) >= 11 is 7.59. The summed E-state index contributed by atoms with van der Waals surface area (Å²) in [5.74, 6) is 0.411. The lowest BCUT2D eigenvalue weighted by atomic mass is 10.1. The van der Waals surface area contributed by atoms with Crippen LogP contribution >= 0.6 is 35.8 Å². The van der Waals surface area contributed by atoms with E-state index >= 15 is 0 Å². The molecule has 1 aromatic rings. The Bertz CT molecular complexity index is 683. The number of nitrogens with two attached hydrogens (primary N) is 1. The number of hydrogen-bond donors (Lipinski definition) is 1. The number of rotatable bonds is 5. The minimum Gasteiger partial charge on any atom is -0.336 e. The summed E-state index contributed by atoms with van der Waals surface area (Å²) in [4.78, 5) is 14.1. The molecule has 5 nitrogen and oxygen atoms in total. The summed E-state index contributed by atoms with van der Waals surface area (Å²) in [6.07, 6.45) is 2.51. The van der Waals surface area contributed by atoms with Gasteiger partial charge in [-0.2, -0.15) is 11.8 Å². The Morgan fingerprint density at radius 3 is 2.78 bits per heavy atom. The van der Waals surface area contributed by atoms with Gasteiger partial charge in [0.15, 0.2) is 9.84 Å². The third-order valence-electron chi connectivity index (χ3n) is 3.81. The van der Waals surface area contributed by atoms with Crippen LogP contribution in [0, 0.1) is 0 Å². The van der Waals surface area contributed by atoms with Crippen molar-refractivity contribution in [1.82, 2.24) is 4.90 Å². The quantitative estimate of drug-likeness (QED) is 0.821.